The van der Waals surface area contributed by atoms with Gasteiger partial charge in [-0.3, -0.25) is 10.1 Å². The number of nitrogen functional groups attached to an aromatic ring is 1. The van der Waals surface area contributed by atoms with E-state index in [1.807, 2.05) is 18.2 Å². The molecule has 1 aliphatic rings. The Bertz CT molecular complexity index is 1230. The summed E-state index contributed by atoms with van der Waals surface area (Å²) < 4.78 is 42.3. The Balaban J connectivity index is 1.40. The molecule has 0 radical (unpaired) electrons. The first-order chi connectivity index (χ1) is 18.2. The average Bonchev–Trinajstić information content (AvgIpc) is 2.87. The van der Waals surface area contributed by atoms with Crippen molar-refractivity contribution in [3.05, 3.63) is 81.5 Å². The van der Waals surface area contributed by atoms with Crippen molar-refractivity contribution in [2.45, 2.75) is 57.6 Å². The average molecular weight is 531 g/mol. The summed E-state index contributed by atoms with van der Waals surface area (Å²) in [5.41, 5.74) is 7.22. The van der Waals surface area contributed by atoms with Gasteiger partial charge in [-0.2, -0.15) is 4.98 Å². The van der Waals surface area contributed by atoms with Crippen LogP contribution in [0.5, 0.6) is 5.75 Å². The fraction of sp³-hybridized carbons (Fsp3) is 0.385. The first-order valence-corrected chi connectivity index (χ1v) is 12.3. The van der Waals surface area contributed by atoms with Crippen molar-refractivity contribution in [2.24, 2.45) is 5.92 Å². The van der Waals surface area contributed by atoms with Crippen molar-refractivity contribution in [3.8, 4) is 5.75 Å². The summed E-state index contributed by atoms with van der Waals surface area (Å²) in [6.45, 7) is 0.692. The van der Waals surface area contributed by atoms with Gasteiger partial charge in [-0.25, -0.2) is 4.98 Å². The molecule has 1 fully saturated rings. The molecule has 0 saturated heterocycles. The zero-order chi connectivity index (χ0) is 27.1. The maximum absolute atomic E-state index is 12.7. The Hall–Kier alpha value is -3.93. The molecule has 1 heterocycles. The number of aromatic nitrogens is 2. The number of nitrogens with zero attached hydrogens (tertiary/aromatic N) is 3. The number of rotatable bonds is 10. The summed E-state index contributed by atoms with van der Waals surface area (Å²) in [4.78, 5) is 19.4. The van der Waals surface area contributed by atoms with Crippen LogP contribution in [0.1, 0.15) is 42.5 Å². The minimum absolute atomic E-state index is 0.00289. The molecule has 0 spiro atoms. The molecular weight excluding hydrogens is 501 g/mol. The molecule has 3 aromatic rings. The third-order valence-electron chi connectivity index (χ3n) is 6.57. The van der Waals surface area contributed by atoms with Gasteiger partial charge >= 0.3 is 12.0 Å². The number of hydrogen-bond donors (Lipinski definition) is 3. The molecular formula is C26H29F3N6O3. The first-order valence-electron chi connectivity index (χ1n) is 12.3. The van der Waals surface area contributed by atoms with Gasteiger partial charge in [0.25, 0.3) is 0 Å². The van der Waals surface area contributed by atoms with Gasteiger partial charge in [-0.05, 0) is 49.7 Å². The first kappa shape index (κ1) is 27.1. The van der Waals surface area contributed by atoms with E-state index in [0.29, 0.717) is 12.5 Å². The number of hydrogen-bond acceptors (Lipinski definition) is 8. The zero-order valence-corrected chi connectivity index (χ0v) is 20.6. The summed E-state index contributed by atoms with van der Waals surface area (Å²) in [7, 11) is 0. The van der Waals surface area contributed by atoms with Gasteiger partial charge in [0.2, 0.25) is 11.8 Å². The molecule has 2 aromatic carbocycles. The zero-order valence-electron chi connectivity index (χ0n) is 20.6. The highest BCUT2D eigenvalue weighted by molar-refractivity contribution is 5.58. The fourth-order valence-electron chi connectivity index (χ4n) is 4.69. The van der Waals surface area contributed by atoms with Crippen molar-refractivity contribution < 1.29 is 22.8 Å². The Labute approximate surface area is 217 Å². The number of nitrogens with two attached hydrogens (primary N) is 1. The Kier molecular flexibility index (Phi) is 8.62. The van der Waals surface area contributed by atoms with Crippen molar-refractivity contribution in [1.29, 1.82) is 0 Å². The van der Waals surface area contributed by atoms with Gasteiger partial charge in [-0.1, -0.05) is 48.5 Å². The summed E-state index contributed by atoms with van der Waals surface area (Å²) in [5.74, 6) is -0.463. The van der Waals surface area contributed by atoms with Gasteiger partial charge in [0, 0.05) is 24.7 Å². The van der Waals surface area contributed by atoms with Crippen molar-refractivity contribution >= 4 is 17.5 Å². The highest BCUT2D eigenvalue weighted by Crippen LogP contribution is 2.33. The van der Waals surface area contributed by atoms with E-state index >= 15 is 0 Å². The van der Waals surface area contributed by atoms with Crippen molar-refractivity contribution in [2.75, 3.05) is 11.1 Å². The van der Waals surface area contributed by atoms with E-state index in [0.717, 1.165) is 32.2 Å². The second-order valence-electron chi connectivity index (χ2n) is 9.28. The van der Waals surface area contributed by atoms with E-state index in [4.69, 9.17) is 5.73 Å². The summed E-state index contributed by atoms with van der Waals surface area (Å²) in [6.07, 6.45) is -0.860. The molecule has 0 unspecified atom stereocenters. The lowest BCUT2D eigenvalue weighted by Gasteiger charge is -2.29. The van der Waals surface area contributed by atoms with Crippen LogP contribution in [0.15, 0.2) is 54.6 Å². The molecule has 9 nitrogen and oxygen atoms in total. The van der Waals surface area contributed by atoms with Gasteiger partial charge in [0.1, 0.15) is 11.4 Å². The predicted molar refractivity (Wildman–Crippen MR) is 136 cm³/mol. The van der Waals surface area contributed by atoms with Crippen LogP contribution in [0, 0.1) is 16.0 Å². The molecule has 0 bridgehead atoms. The lowest BCUT2D eigenvalue weighted by Crippen LogP contribution is -2.33. The summed E-state index contributed by atoms with van der Waals surface area (Å²) >= 11 is 0. The molecule has 4 N–H and O–H groups in total. The van der Waals surface area contributed by atoms with E-state index in [9.17, 15) is 23.3 Å². The maximum Gasteiger partial charge on any atom is 0.573 e. The van der Waals surface area contributed by atoms with Crippen LogP contribution in [0.3, 0.4) is 0 Å². The standard InChI is InChI=1S/C26H29F3N6O3/c27-26(28,29)38-22-9-5-4-8-19(22)16-32-25-33-21(23(35(36)37)24(30)34-25)14-17-10-12-20(13-11-17)31-15-18-6-2-1-3-7-18/h1-9,17,20,31H,10-16H2,(H3,30,32,33,34). The molecule has 1 aromatic heterocycles. The Morgan fingerprint density at radius 3 is 2.37 bits per heavy atom. The van der Waals surface area contributed by atoms with Crippen LogP contribution < -0.4 is 21.1 Å². The molecule has 1 saturated carbocycles. The van der Waals surface area contributed by atoms with E-state index in [2.05, 4.69) is 37.5 Å². The number of nitrogens with one attached hydrogen (secondary N) is 2. The smallest absolute Gasteiger partial charge is 0.405 e. The Morgan fingerprint density at radius 1 is 1.00 bits per heavy atom. The second-order valence-corrected chi connectivity index (χ2v) is 9.28. The lowest BCUT2D eigenvalue weighted by atomic mass is 9.83. The molecule has 202 valence electrons. The van der Waals surface area contributed by atoms with Crippen LogP contribution >= 0.6 is 0 Å². The number of para-hydroxylation sites is 1. The second kappa shape index (κ2) is 12.1. The van der Waals surface area contributed by atoms with Crippen LogP contribution in [0.2, 0.25) is 0 Å². The SMILES string of the molecule is Nc1nc(NCc2ccccc2OC(F)(F)F)nc(CC2CCC(NCc3ccccc3)CC2)c1[N+](=O)[O-]. The quantitative estimate of drug-likeness (QED) is 0.236. The van der Waals surface area contributed by atoms with Gasteiger partial charge in [-0.15, -0.1) is 13.2 Å². The monoisotopic (exact) mass is 530 g/mol. The summed E-state index contributed by atoms with van der Waals surface area (Å²) in [5, 5.41) is 18.1. The molecule has 4 rings (SSSR count). The van der Waals surface area contributed by atoms with Crippen LogP contribution in [0.25, 0.3) is 0 Å². The number of halogens is 3. The molecule has 1 aliphatic carbocycles. The topological polar surface area (TPSA) is 128 Å². The number of ether oxygens (including phenoxy) is 1. The fourth-order valence-corrected chi connectivity index (χ4v) is 4.69. The number of nitro groups is 1. The highest BCUT2D eigenvalue weighted by atomic mass is 19.4. The van der Waals surface area contributed by atoms with Crippen LogP contribution in [-0.4, -0.2) is 27.3 Å². The maximum atomic E-state index is 12.7. The van der Waals surface area contributed by atoms with E-state index in [1.54, 1.807) is 6.07 Å². The van der Waals surface area contributed by atoms with Crippen LogP contribution in [-0.2, 0) is 19.5 Å². The van der Waals surface area contributed by atoms with Gasteiger partial charge in [0.15, 0.2) is 0 Å². The van der Waals surface area contributed by atoms with Crippen molar-refractivity contribution in [1.82, 2.24) is 15.3 Å². The van der Waals surface area contributed by atoms with Crippen molar-refractivity contribution in [3.63, 3.8) is 0 Å². The van der Waals surface area contributed by atoms with E-state index in [-0.39, 0.29) is 46.9 Å². The third-order valence-corrected chi connectivity index (χ3v) is 6.57. The minimum Gasteiger partial charge on any atom is -0.405 e. The Morgan fingerprint density at radius 2 is 1.68 bits per heavy atom. The lowest BCUT2D eigenvalue weighted by molar-refractivity contribution is -0.385. The minimum atomic E-state index is -4.84. The third kappa shape index (κ3) is 7.54. The number of alkyl halides is 3. The van der Waals surface area contributed by atoms with E-state index < -0.39 is 11.3 Å². The molecule has 0 atom stereocenters. The summed E-state index contributed by atoms with van der Waals surface area (Å²) in [6, 6.07) is 16.2. The number of benzene rings is 2. The molecule has 0 amide bonds. The molecule has 0 aliphatic heterocycles. The van der Waals surface area contributed by atoms with E-state index in [1.165, 1.54) is 23.8 Å². The van der Waals surface area contributed by atoms with Gasteiger partial charge in [0.05, 0.1) is 4.92 Å². The van der Waals surface area contributed by atoms with Crippen LogP contribution in [0.4, 0.5) is 30.6 Å². The molecule has 12 heteroatoms. The largest absolute Gasteiger partial charge is 0.573 e. The van der Waals surface area contributed by atoms with Gasteiger partial charge < -0.3 is 21.1 Å². The highest BCUT2D eigenvalue weighted by Gasteiger charge is 2.32. The normalized spacial score (nSPS) is 17.7. The predicted octanol–water partition coefficient (Wildman–Crippen LogP) is 5.37. The molecule has 38 heavy (non-hydrogen) atoms. The number of anilines is 2.